The molecule has 1 aromatic heterocycles. The van der Waals surface area contributed by atoms with E-state index in [2.05, 4.69) is 66.0 Å². The highest BCUT2D eigenvalue weighted by Gasteiger charge is 2.16. The number of rotatable bonds is 2. The fourth-order valence-corrected chi connectivity index (χ4v) is 2.14. The van der Waals surface area contributed by atoms with Gasteiger partial charge in [-0.05, 0) is 23.6 Å². The number of likely N-dealkylation sites (N-methyl/N-ethyl adjacent to an activating group) is 2. The van der Waals surface area contributed by atoms with Crippen molar-refractivity contribution in [2.75, 3.05) is 14.1 Å². The molecule has 1 aliphatic heterocycles. The lowest BCUT2D eigenvalue weighted by Gasteiger charge is -2.24. The second kappa shape index (κ2) is 3.88. The van der Waals surface area contributed by atoms with Crippen LogP contribution in [0.4, 0.5) is 0 Å². The highest BCUT2D eigenvalue weighted by atomic mass is 32.1. The number of nitrogens with zero attached hydrogens (tertiary/aromatic N) is 2. The average molecular weight is 206 g/mol. The Balaban J connectivity index is 2.04. The van der Waals surface area contributed by atoms with Crippen LogP contribution in [0, 0.1) is 0 Å². The molecule has 0 aliphatic carbocycles. The normalized spacial score (nSPS) is 17.6. The maximum atomic E-state index is 2.21. The third-order valence-electron chi connectivity index (χ3n) is 2.35. The Morgan fingerprint density at radius 2 is 2.00 bits per heavy atom. The van der Waals surface area contributed by atoms with Crippen LogP contribution in [-0.4, -0.2) is 30.1 Å². The van der Waals surface area contributed by atoms with Gasteiger partial charge in [-0.1, -0.05) is 6.07 Å². The second-order valence-electron chi connectivity index (χ2n) is 3.42. The Kier molecular flexibility index (Phi) is 2.59. The minimum absolute atomic E-state index is 0.358. The van der Waals surface area contributed by atoms with Gasteiger partial charge in [-0.3, -0.25) is 0 Å². The minimum Gasteiger partial charge on any atom is -0.356 e. The number of thiophene rings is 1. The predicted octanol–water partition coefficient (Wildman–Crippen LogP) is 2.44. The molecule has 0 radical (unpaired) electrons. The van der Waals surface area contributed by atoms with Gasteiger partial charge >= 0.3 is 0 Å². The van der Waals surface area contributed by atoms with E-state index in [1.54, 1.807) is 11.3 Å². The van der Waals surface area contributed by atoms with Gasteiger partial charge in [0.05, 0.1) is 0 Å². The lowest BCUT2D eigenvalue weighted by molar-refractivity contribution is 0.258. The summed E-state index contributed by atoms with van der Waals surface area (Å²) < 4.78 is 0. The Bertz CT molecular complexity index is 328. The largest absolute Gasteiger partial charge is 0.356 e. The van der Waals surface area contributed by atoms with Gasteiger partial charge in [0.2, 0.25) is 0 Å². The first-order valence-corrected chi connectivity index (χ1v) is 5.49. The summed E-state index contributed by atoms with van der Waals surface area (Å²) in [5.74, 6) is 0. The third kappa shape index (κ3) is 1.82. The predicted molar refractivity (Wildman–Crippen MR) is 61.8 cm³/mol. The first kappa shape index (κ1) is 9.34. The first-order chi connectivity index (χ1) is 6.77. The van der Waals surface area contributed by atoms with Crippen LogP contribution in [0.3, 0.4) is 0 Å². The van der Waals surface area contributed by atoms with E-state index < -0.39 is 0 Å². The molecule has 0 amide bonds. The molecule has 0 spiro atoms. The molecule has 0 unspecified atom stereocenters. The van der Waals surface area contributed by atoms with Gasteiger partial charge in [-0.15, -0.1) is 11.3 Å². The summed E-state index contributed by atoms with van der Waals surface area (Å²) in [5.41, 5.74) is 0. The molecular weight excluding hydrogens is 192 g/mol. The van der Waals surface area contributed by atoms with Gasteiger partial charge in [0.1, 0.15) is 6.17 Å². The van der Waals surface area contributed by atoms with Gasteiger partial charge in [0, 0.05) is 31.4 Å². The van der Waals surface area contributed by atoms with Crippen molar-refractivity contribution in [2.24, 2.45) is 0 Å². The fourth-order valence-electron chi connectivity index (χ4n) is 1.51. The molecule has 0 saturated carbocycles. The Labute approximate surface area is 88.8 Å². The summed E-state index contributed by atoms with van der Waals surface area (Å²) in [6, 6.07) is 4.20. The highest BCUT2D eigenvalue weighted by molar-refractivity contribution is 7.10. The summed E-state index contributed by atoms with van der Waals surface area (Å²) in [6.07, 6.45) is 8.92. The summed E-state index contributed by atoms with van der Waals surface area (Å²) in [7, 11) is 4.17. The molecule has 0 bridgehead atoms. The molecule has 1 aromatic rings. The molecule has 74 valence electrons. The molecule has 0 atom stereocenters. The summed E-state index contributed by atoms with van der Waals surface area (Å²) >= 11 is 1.76. The number of hydrogen-bond donors (Lipinski definition) is 0. The second-order valence-corrected chi connectivity index (χ2v) is 4.40. The van der Waals surface area contributed by atoms with Crippen molar-refractivity contribution < 1.29 is 0 Å². The van der Waals surface area contributed by atoms with Crippen LogP contribution in [-0.2, 0) is 0 Å². The zero-order valence-electron chi connectivity index (χ0n) is 8.42. The fraction of sp³-hybridized carbons (Fsp3) is 0.273. The Morgan fingerprint density at radius 1 is 1.29 bits per heavy atom. The van der Waals surface area contributed by atoms with Gasteiger partial charge in [0.15, 0.2) is 0 Å². The lowest BCUT2D eigenvalue weighted by Crippen LogP contribution is -2.31. The molecule has 14 heavy (non-hydrogen) atoms. The van der Waals surface area contributed by atoms with E-state index in [1.807, 2.05) is 0 Å². The molecule has 0 N–H and O–H groups in total. The monoisotopic (exact) mass is 206 g/mol. The molecule has 1 aliphatic rings. The molecule has 0 fully saturated rings. The maximum absolute atomic E-state index is 2.21. The number of hydrogen-bond acceptors (Lipinski definition) is 3. The van der Waals surface area contributed by atoms with Crippen LogP contribution in [0.5, 0.6) is 0 Å². The van der Waals surface area contributed by atoms with E-state index in [4.69, 9.17) is 0 Å². The van der Waals surface area contributed by atoms with Crippen molar-refractivity contribution in [3.05, 3.63) is 40.9 Å². The van der Waals surface area contributed by atoms with E-state index in [9.17, 15) is 0 Å². The zero-order chi connectivity index (χ0) is 9.97. The van der Waals surface area contributed by atoms with Crippen LogP contribution >= 0.6 is 11.3 Å². The standard InChI is InChI=1S/C11H14N2S/c1-12-7-8-13(2)11(12)6-5-10-4-3-9-14-10/h3-9,11H,1-2H3. The molecule has 2 heterocycles. The SMILES string of the molecule is CN1C=CN(C)C1C=Cc1cccs1. The van der Waals surface area contributed by atoms with E-state index in [0.29, 0.717) is 6.17 Å². The van der Waals surface area contributed by atoms with E-state index in [0.717, 1.165) is 0 Å². The van der Waals surface area contributed by atoms with Gasteiger partial charge < -0.3 is 9.80 Å². The van der Waals surface area contributed by atoms with Crippen molar-refractivity contribution in [3.8, 4) is 0 Å². The van der Waals surface area contributed by atoms with Crippen molar-refractivity contribution in [1.82, 2.24) is 9.80 Å². The summed E-state index contributed by atoms with van der Waals surface area (Å²) in [4.78, 5) is 5.67. The summed E-state index contributed by atoms with van der Waals surface area (Å²) in [6.45, 7) is 0. The van der Waals surface area contributed by atoms with Crippen molar-refractivity contribution in [3.63, 3.8) is 0 Å². The topological polar surface area (TPSA) is 6.48 Å². The van der Waals surface area contributed by atoms with Crippen LogP contribution in [0.25, 0.3) is 6.08 Å². The van der Waals surface area contributed by atoms with Gasteiger partial charge in [0.25, 0.3) is 0 Å². The van der Waals surface area contributed by atoms with Crippen LogP contribution in [0.15, 0.2) is 36.0 Å². The molecule has 2 nitrogen and oxygen atoms in total. The van der Waals surface area contributed by atoms with Gasteiger partial charge in [-0.2, -0.15) is 0 Å². The van der Waals surface area contributed by atoms with Crippen molar-refractivity contribution in [2.45, 2.75) is 6.17 Å². The molecule has 2 rings (SSSR count). The van der Waals surface area contributed by atoms with E-state index >= 15 is 0 Å². The van der Waals surface area contributed by atoms with E-state index in [-0.39, 0.29) is 0 Å². The van der Waals surface area contributed by atoms with Crippen LogP contribution < -0.4 is 0 Å². The van der Waals surface area contributed by atoms with Gasteiger partial charge in [-0.25, -0.2) is 0 Å². The quantitative estimate of drug-likeness (QED) is 0.733. The maximum Gasteiger partial charge on any atom is 0.120 e. The highest BCUT2D eigenvalue weighted by Crippen LogP contribution is 2.16. The van der Waals surface area contributed by atoms with Crippen LogP contribution in [0.2, 0.25) is 0 Å². The van der Waals surface area contributed by atoms with Crippen molar-refractivity contribution >= 4 is 17.4 Å². The van der Waals surface area contributed by atoms with E-state index in [1.165, 1.54) is 4.88 Å². The Hall–Kier alpha value is -1.22. The lowest BCUT2D eigenvalue weighted by atomic mass is 10.3. The molecule has 3 heteroatoms. The van der Waals surface area contributed by atoms with Crippen LogP contribution in [0.1, 0.15) is 4.88 Å². The van der Waals surface area contributed by atoms with Crippen molar-refractivity contribution in [1.29, 1.82) is 0 Å². The molecule has 0 saturated heterocycles. The summed E-state index contributed by atoms with van der Waals surface area (Å²) in [5, 5.41) is 2.10. The Morgan fingerprint density at radius 3 is 2.57 bits per heavy atom. The first-order valence-electron chi connectivity index (χ1n) is 4.61. The zero-order valence-corrected chi connectivity index (χ0v) is 9.24. The molecule has 0 aromatic carbocycles. The third-order valence-corrected chi connectivity index (χ3v) is 3.18. The average Bonchev–Trinajstić information content (AvgIpc) is 2.76. The smallest absolute Gasteiger partial charge is 0.120 e. The minimum atomic E-state index is 0.358. The molecular formula is C11H14N2S.